The molecule has 3 heteroatoms. The van der Waals surface area contributed by atoms with Gasteiger partial charge in [-0.2, -0.15) is 0 Å². The molecular weight excluding hydrogens is 187 g/mol. The Morgan fingerprint density at radius 3 is 2.20 bits per heavy atom. The molecule has 1 atom stereocenters. The lowest BCUT2D eigenvalue weighted by Gasteiger charge is -2.35. The third-order valence-corrected chi connectivity index (χ3v) is 3.21. The van der Waals surface area contributed by atoms with Crippen molar-refractivity contribution in [3.63, 3.8) is 0 Å². The second kappa shape index (κ2) is 4.19. The molecule has 1 heterocycles. The summed E-state index contributed by atoms with van der Waals surface area (Å²) in [5.74, 6) is 6.47. The van der Waals surface area contributed by atoms with Crippen LogP contribution in [0.5, 0.6) is 0 Å². The zero-order valence-corrected chi connectivity index (χ0v) is 10.7. The van der Waals surface area contributed by atoms with E-state index in [9.17, 15) is 0 Å². The van der Waals surface area contributed by atoms with Crippen LogP contribution in [0.2, 0.25) is 0 Å². The van der Waals surface area contributed by atoms with Crippen molar-refractivity contribution in [2.45, 2.75) is 59.2 Å². The number of hydrogen-bond acceptors (Lipinski definition) is 2. The molecule has 0 amide bonds. The van der Waals surface area contributed by atoms with Crippen molar-refractivity contribution in [3.8, 4) is 11.7 Å². The van der Waals surface area contributed by atoms with Crippen LogP contribution in [0, 0.1) is 17.7 Å². The first-order valence-corrected chi connectivity index (χ1v) is 5.67. The Morgan fingerprint density at radius 1 is 1.20 bits per heavy atom. The van der Waals surface area contributed by atoms with Gasteiger partial charge in [0.2, 0.25) is 0 Å². The highest BCUT2D eigenvalue weighted by Crippen LogP contribution is 2.39. The van der Waals surface area contributed by atoms with E-state index < -0.39 is 0 Å². The van der Waals surface area contributed by atoms with Gasteiger partial charge in [-0.15, -0.1) is 5.92 Å². The van der Waals surface area contributed by atoms with Gasteiger partial charge in [-0.25, -0.2) is 0 Å². The van der Waals surface area contributed by atoms with Gasteiger partial charge in [0.25, 0.3) is 0 Å². The minimum atomic E-state index is -0.368. The standard InChI is InChI=1S/C12H21BO2/c1-7-12(6)11(4,5)14-13(15-12)9-8-10(2)3/h10H,7H2,1-6H3. The Labute approximate surface area is 93.9 Å². The zero-order chi connectivity index (χ0) is 11.7. The summed E-state index contributed by atoms with van der Waals surface area (Å²) in [5.41, 5.74) is -0.499. The van der Waals surface area contributed by atoms with Gasteiger partial charge in [-0.05, 0) is 27.2 Å². The molecule has 0 aromatic heterocycles. The molecule has 2 nitrogen and oxygen atoms in total. The van der Waals surface area contributed by atoms with E-state index >= 15 is 0 Å². The molecule has 1 rings (SSSR count). The maximum Gasteiger partial charge on any atom is 0.551 e. The van der Waals surface area contributed by atoms with E-state index in [-0.39, 0.29) is 18.3 Å². The third kappa shape index (κ3) is 2.56. The lowest BCUT2D eigenvalue weighted by molar-refractivity contribution is -0.0118. The van der Waals surface area contributed by atoms with Crippen LogP contribution in [0.25, 0.3) is 0 Å². The SMILES string of the molecule is CCC1(C)OB(C#CC(C)C)OC1(C)C. The van der Waals surface area contributed by atoms with Crippen molar-refractivity contribution < 1.29 is 9.31 Å². The van der Waals surface area contributed by atoms with E-state index in [0.717, 1.165) is 6.42 Å². The Morgan fingerprint density at radius 2 is 1.80 bits per heavy atom. The summed E-state index contributed by atoms with van der Waals surface area (Å²) in [6, 6.07) is 0. The first kappa shape index (κ1) is 12.6. The maximum absolute atomic E-state index is 5.87. The summed E-state index contributed by atoms with van der Waals surface area (Å²) in [5, 5.41) is 0. The first-order valence-electron chi connectivity index (χ1n) is 5.67. The fourth-order valence-corrected chi connectivity index (χ4v) is 1.60. The molecule has 0 saturated carbocycles. The van der Waals surface area contributed by atoms with Crippen molar-refractivity contribution in [1.29, 1.82) is 0 Å². The summed E-state index contributed by atoms with van der Waals surface area (Å²) in [6.07, 6.45) is 0.930. The smallest absolute Gasteiger partial charge is 0.392 e. The van der Waals surface area contributed by atoms with Gasteiger partial charge in [0.15, 0.2) is 0 Å². The largest absolute Gasteiger partial charge is 0.551 e. The predicted molar refractivity (Wildman–Crippen MR) is 63.3 cm³/mol. The molecule has 0 aliphatic carbocycles. The summed E-state index contributed by atoms with van der Waals surface area (Å²) in [6.45, 7) is 12.5. The van der Waals surface area contributed by atoms with E-state index in [4.69, 9.17) is 9.31 Å². The van der Waals surface area contributed by atoms with E-state index in [0.29, 0.717) is 5.92 Å². The maximum atomic E-state index is 5.87. The number of hydrogen-bond donors (Lipinski definition) is 0. The first-order chi connectivity index (χ1) is 6.81. The second-order valence-electron chi connectivity index (χ2n) is 5.11. The molecule has 0 aromatic carbocycles. The molecular formula is C12H21BO2. The highest BCUT2D eigenvalue weighted by Gasteiger charge is 2.52. The summed E-state index contributed by atoms with van der Waals surface area (Å²) in [4.78, 5) is 0. The highest BCUT2D eigenvalue weighted by atomic mass is 16.7. The van der Waals surface area contributed by atoms with Gasteiger partial charge >= 0.3 is 7.12 Å². The van der Waals surface area contributed by atoms with Gasteiger partial charge in [0, 0.05) is 5.92 Å². The van der Waals surface area contributed by atoms with Crippen LogP contribution >= 0.6 is 0 Å². The van der Waals surface area contributed by atoms with Crippen LogP contribution in [-0.2, 0) is 9.31 Å². The molecule has 1 aliphatic heterocycles. The van der Waals surface area contributed by atoms with E-state index in [1.54, 1.807) is 0 Å². The van der Waals surface area contributed by atoms with Crippen LogP contribution in [0.15, 0.2) is 0 Å². The van der Waals surface area contributed by atoms with E-state index in [2.05, 4.69) is 53.3 Å². The van der Waals surface area contributed by atoms with Crippen molar-refractivity contribution in [2.75, 3.05) is 0 Å². The van der Waals surface area contributed by atoms with E-state index in [1.807, 2.05) is 0 Å². The zero-order valence-electron chi connectivity index (χ0n) is 10.7. The molecule has 84 valence electrons. The highest BCUT2D eigenvalue weighted by molar-refractivity contribution is 6.55. The monoisotopic (exact) mass is 208 g/mol. The molecule has 0 N–H and O–H groups in total. The van der Waals surface area contributed by atoms with Crippen LogP contribution in [0.3, 0.4) is 0 Å². The van der Waals surface area contributed by atoms with Crippen LogP contribution < -0.4 is 0 Å². The Hall–Kier alpha value is -0.455. The van der Waals surface area contributed by atoms with Gasteiger partial charge in [0.05, 0.1) is 11.2 Å². The molecule has 0 bridgehead atoms. The van der Waals surface area contributed by atoms with Crippen molar-refractivity contribution in [2.24, 2.45) is 5.92 Å². The second-order valence-corrected chi connectivity index (χ2v) is 5.11. The Balaban J connectivity index is 2.76. The quantitative estimate of drug-likeness (QED) is 0.487. The lowest BCUT2D eigenvalue weighted by atomic mass is 9.86. The average molecular weight is 208 g/mol. The molecule has 1 saturated heterocycles. The van der Waals surface area contributed by atoms with Crippen LogP contribution in [0.4, 0.5) is 0 Å². The molecule has 15 heavy (non-hydrogen) atoms. The summed E-state index contributed by atoms with van der Waals surface area (Å²) >= 11 is 0. The van der Waals surface area contributed by atoms with Crippen molar-refractivity contribution in [3.05, 3.63) is 0 Å². The molecule has 1 fully saturated rings. The normalized spacial score (nSPS) is 29.1. The van der Waals surface area contributed by atoms with Gasteiger partial charge < -0.3 is 9.31 Å². The molecule has 1 unspecified atom stereocenters. The summed E-state index contributed by atoms with van der Waals surface area (Å²) < 4.78 is 11.7. The molecule has 0 aromatic rings. The predicted octanol–water partition coefficient (Wildman–Crippen LogP) is 2.67. The molecule has 0 spiro atoms. The Bertz CT molecular complexity index is 288. The third-order valence-electron chi connectivity index (χ3n) is 3.21. The minimum absolute atomic E-state index is 0.233. The fraction of sp³-hybridized carbons (Fsp3) is 0.833. The topological polar surface area (TPSA) is 18.5 Å². The molecule has 1 aliphatic rings. The van der Waals surface area contributed by atoms with Gasteiger partial charge in [-0.1, -0.05) is 26.6 Å². The van der Waals surface area contributed by atoms with Gasteiger partial charge in [-0.3, -0.25) is 0 Å². The van der Waals surface area contributed by atoms with E-state index in [1.165, 1.54) is 0 Å². The minimum Gasteiger partial charge on any atom is -0.392 e. The lowest BCUT2D eigenvalue weighted by Crippen LogP contribution is -2.44. The Kier molecular flexibility index (Phi) is 3.53. The van der Waals surface area contributed by atoms with Crippen molar-refractivity contribution >= 4 is 7.12 Å². The van der Waals surface area contributed by atoms with Crippen LogP contribution in [0.1, 0.15) is 48.0 Å². The summed E-state index contributed by atoms with van der Waals surface area (Å²) in [7, 11) is -0.368. The van der Waals surface area contributed by atoms with Crippen molar-refractivity contribution in [1.82, 2.24) is 0 Å². The number of rotatable bonds is 1. The average Bonchev–Trinajstić information content (AvgIpc) is 2.35. The van der Waals surface area contributed by atoms with Gasteiger partial charge in [0.1, 0.15) is 0 Å². The van der Waals surface area contributed by atoms with Crippen LogP contribution in [-0.4, -0.2) is 18.3 Å². The molecule has 0 radical (unpaired) electrons. The fourth-order valence-electron chi connectivity index (χ4n) is 1.60.